The van der Waals surface area contributed by atoms with Crippen molar-refractivity contribution in [3.8, 4) is 0 Å². The molecule has 0 aliphatic carbocycles. The number of unbranched alkanes of at least 4 members (excludes halogenated alkanes) is 46. The van der Waals surface area contributed by atoms with Gasteiger partial charge in [0.2, 0.25) is 0 Å². The maximum absolute atomic E-state index is 13.0. The van der Waals surface area contributed by atoms with Crippen molar-refractivity contribution in [3.63, 3.8) is 0 Å². The van der Waals surface area contributed by atoms with Gasteiger partial charge in [0.25, 0.3) is 0 Å². The van der Waals surface area contributed by atoms with E-state index in [-0.39, 0.29) is 31.1 Å². The Morgan fingerprint density at radius 3 is 0.734 bits per heavy atom. The van der Waals surface area contributed by atoms with E-state index in [0.29, 0.717) is 19.3 Å². The number of ether oxygens (including phenoxy) is 3. The summed E-state index contributed by atoms with van der Waals surface area (Å²) in [6, 6.07) is 0. The van der Waals surface area contributed by atoms with Crippen molar-refractivity contribution in [3.05, 3.63) is 48.6 Å². The van der Waals surface area contributed by atoms with Gasteiger partial charge in [-0.3, -0.25) is 14.4 Å². The van der Waals surface area contributed by atoms with Gasteiger partial charge in [0, 0.05) is 19.3 Å². The van der Waals surface area contributed by atoms with Gasteiger partial charge in [-0.25, -0.2) is 0 Å². The molecule has 0 amide bonds. The highest BCUT2D eigenvalue weighted by Gasteiger charge is 2.19. The molecule has 0 aromatic rings. The first kappa shape index (κ1) is 76.4. The lowest BCUT2D eigenvalue weighted by Crippen LogP contribution is -2.30. The van der Waals surface area contributed by atoms with E-state index < -0.39 is 6.10 Å². The van der Waals surface area contributed by atoms with Crippen LogP contribution >= 0.6 is 0 Å². The molecule has 0 aromatic carbocycles. The Kier molecular flexibility index (Phi) is 65.6. The minimum atomic E-state index is -0.777. The van der Waals surface area contributed by atoms with Gasteiger partial charge in [0.15, 0.2) is 6.10 Å². The standard InChI is InChI=1S/C73H134O6/c1-4-7-10-13-16-19-22-25-28-31-34-35-36-37-40-42-45-48-51-54-57-60-63-66-72(75)78-69-70(79-73(76)67-64-61-58-55-52-49-46-43-39-33-30-27-24-21-18-15-12-9-6-3)68-77-71(74)65-62-59-56-53-50-47-44-41-38-32-29-26-23-20-17-14-11-8-5-2/h18,21,26-27,29-31,34,70H,4-17,19-20,22-25,28,32-33,35-69H2,1-3H3/b21-18-,29-26-,30-27-,34-31-. The van der Waals surface area contributed by atoms with Crippen LogP contribution in [-0.2, 0) is 28.6 Å². The molecule has 1 unspecified atom stereocenters. The highest BCUT2D eigenvalue weighted by atomic mass is 16.6. The van der Waals surface area contributed by atoms with Gasteiger partial charge >= 0.3 is 17.9 Å². The molecule has 0 heterocycles. The molecule has 6 heteroatoms. The molecule has 0 rings (SSSR count). The van der Waals surface area contributed by atoms with Crippen LogP contribution in [0.2, 0.25) is 0 Å². The average Bonchev–Trinajstić information content (AvgIpc) is 3.45. The van der Waals surface area contributed by atoms with E-state index in [1.165, 1.54) is 276 Å². The predicted octanol–water partition coefficient (Wildman–Crippen LogP) is 24.1. The van der Waals surface area contributed by atoms with E-state index in [4.69, 9.17) is 14.2 Å². The van der Waals surface area contributed by atoms with Crippen molar-refractivity contribution in [1.82, 2.24) is 0 Å². The van der Waals surface area contributed by atoms with Crippen LogP contribution in [0.3, 0.4) is 0 Å². The quantitative estimate of drug-likeness (QED) is 0.0261. The minimum Gasteiger partial charge on any atom is -0.462 e. The number of hydrogen-bond donors (Lipinski definition) is 0. The Labute approximate surface area is 492 Å². The van der Waals surface area contributed by atoms with Gasteiger partial charge in [-0.2, -0.15) is 0 Å². The molecule has 0 saturated heterocycles. The number of allylic oxidation sites excluding steroid dienone is 8. The third-order valence-corrected chi connectivity index (χ3v) is 15.8. The van der Waals surface area contributed by atoms with E-state index in [1.807, 2.05) is 0 Å². The number of hydrogen-bond acceptors (Lipinski definition) is 6. The molecule has 1 atom stereocenters. The largest absolute Gasteiger partial charge is 0.462 e. The fraction of sp³-hybridized carbons (Fsp3) is 0.849. The molecule has 79 heavy (non-hydrogen) atoms. The molecule has 0 radical (unpaired) electrons. The van der Waals surface area contributed by atoms with Gasteiger partial charge < -0.3 is 14.2 Å². The summed E-state index contributed by atoms with van der Waals surface area (Å²) in [5.41, 5.74) is 0. The number of carbonyl (C=O) groups excluding carboxylic acids is 3. The second-order valence-corrected chi connectivity index (χ2v) is 23.8. The minimum absolute atomic E-state index is 0.0727. The normalized spacial score (nSPS) is 12.3. The molecule has 0 saturated carbocycles. The van der Waals surface area contributed by atoms with Crippen molar-refractivity contribution < 1.29 is 28.6 Å². The number of esters is 3. The zero-order valence-electron chi connectivity index (χ0n) is 53.2. The third kappa shape index (κ3) is 66.1. The molecule has 0 fully saturated rings. The molecule has 0 N–H and O–H groups in total. The molecular weight excluding hydrogens is 973 g/mol. The monoisotopic (exact) mass is 1110 g/mol. The summed E-state index contributed by atoms with van der Waals surface area (Å²) in [5.74, 6) is -0.854. The summed E-state index contributed by atoms with van der Waals surface area (Å²) in [4.78, 5) is 38.5. The lowest BCUT2D eigenvalue weighted by molar-refractivity contribution is -0.167. The summed E-state index contributed by atoms with van der Waals surface area (Å²) in [6.45, 7) is 6.67. The Morgan fingerprint density at radius 2 is 0.456 bits per heavy atom. The van der Waals surface area contributed by atoms with Crippen molar-refractivity contribution in [2.45, 2.75) is 386 Å². The SMILES string of the molecule is CCCCC/C=C\C/C=C\CCCCCCCCCCCC(=O)OC(COC(=O)CCCCCCCCCCC/C=C\CCCCCCCC)COC(=O)CCCCCCCCCCCCC/C=C\CCCCCCCCCC. The second-order valence-electron chi connectivity index (χ2n) is 23.8. The summed E-state index contributed by atoms with van der Waals surface area (Å²) in [6.07, 6.45) is 85.5. The third-order valence-electron chi connectivity index (χ3n) is 15.8. The van der Waals surface area contributed by atoms with E-state index >= 15 is 0 Å². The van der Waals surface area contributed by atoms with Crippen molar-refractivity contribution in [2.75, 3.05) is 13.2 Å². The maximum atomic E-state index is 13.0. The van der Waals surface area contributed by atoms with Gasteiger partial charge in [-0.05, 0) is 103 Å². The van der Waals surface area contributed by atoms with E-state index in [9.17, 15) is 14.4 Å². The van der Waals surface area contributed by atoms with Crippen LogP contribution in [-0.4, -0.2) is 37.2 Å². The van der Waals surface area contributed by atoms with Crippen molar-refractivity contribution in [2.24, 2.45) is 0 Å². The number of rotatable bonds is 65. The summed E-state index contributed by atoms with van der Waals surface area (Å²) in [7, 11) is 0. The van der Waals surface area contributed by atoms with Crippen LogP contribution in [0.15, 0.2) is 48.6 Å². The maximum Gasteiger partial charge on any atom is 0.306 e. The Hall–Kier alpha value is -2.63. The van der Waals surface area contributed by atoms with Gasteiger partial charge in [-0.15, -0.1) is 0 Å². The van der Waals surface area contributed by atoms with E-state index in [0.717, 1.165) is 64.2 Å². The summed E-state index contributed by atoms with van der Waals surface area (Å²) in [5, 5.41) is 0. The van der Waals surface area contributed by atoms with Crippen LogP contribution in [0.5, 0.6) is 0 Å². The predicted molar refractivity (Wildman–Crippen MR) is 344 cm³/mol. The lowest BCUT2D eigenvalue weighted by Gasteiger charge is -2.18. The Balaban J connectivity index is 4.33. The first-order chi connectivity index (χ1) is 39.0. The molecule has 0 aliphatic heterocycles. The van der Waals surface area contributed by atoms with Gasteiger partial charge in [0.1, 0.15) is 13.2 Å². The van der Waals surface area contributed by atoms with Crippen LogP contribution in [0.1, 0.15) is 380 Å². The number of carbonyl (C=O) groups is 3. The van der Waals surface area contributed by atoms with Crippen LogP contribution in [0.4, 0.5) is 0 Å². The molecule has 0 aromatic heterocycles. The summed E-state index contributed by atoms with van der Waals surface area (Å²) >= 11 is 0. The molecule has 462 valence electrons. The molecule has 0 spiro atoms. The highest BCUT2D eigenvalue weighted by molar-refractivity contribution is 5.71. The van der Waals surface area contributed by atoms with Gasteiger partial charge in [0.05, 0.1) is 0 Å². The van der Waals surface area contributed by atoms with E-state index in [1.54, 1.807) is 0 Å². The van der Waals surface area contributed by atoms with Crippen molar-refractivity contribution in [1.29, 1.82) is 0 Å². The zero-order valence-corrected chi connectivity index (χ0v) is 53.2. The fourth-order valence-corrected chi connectivity index (χ4v) is 10.5. The van der Waals surface area contributed by atoms with Crippen molar-refractivity contribution >= 4 is 17.9 Å². The first-order valence-corrected chi connectivity index (χ1v) is 35.1. The molecular formula is C73H134O6. The highest BCUT2D eigenvalue weighted by Crippen LogP contribution is 2.18. The topological polar surface area (TPSA) is 78.9 Å². The Bertz CT molecular complexity index is 1360. The molecule has 0 aliphatic rings. The Morgan fingerprint density at radius 1 is 0.253 bits per heavy atom. The van der Waals surface area contributed by atoms with Crippen LogP contribution < -0.4 is 0 Å². The zero-order chi connectivity index (χ0) is 57.1. The molecule has 6 nitrogen and oxygen atoms in total. The first-order valence-electron chi connectivity index (χ1n) is 35.1. The van der Waals surface area contributed by atoms with Crippen LogP contribution in [0, 0.1) is 0 Å². The van der Waals surface area contributed by atoms with E-state index in [2.05, 4.69) is 69.4 Å². The fourth-order valence-electron chi connectivity index (χ4n) is 10.5. The lowest BCUT2D eigenvalue weighted by atomic mass is 10.0. The molecule has 0 bridgehead atoms. The average molecular weight is 1110 g/mol. The smallest absolute Gasteiger partial charge is 0.306 e. The van der Waals surface area contributed by atoms with Gasteiger partial charge in [-0.1, -0.05) is 307 Å². The second kappa shape index (κ2) is 67.9. The summed E-state index contributed by atoms with van der Waals surface area (Å²) < 4.78 is 17.0. The van der Waals surface area contributed by atoms with Crippen LogP contribution in [0.25, 0.3) is 0 Å².